The Morgan fingerprint density at radius 3 is 2.81 bits per heavy atom. The summed E-state index contributed by atoms with van der Waals surface area (Å²) in [5, 5.41) is 19.4. The van der Waals surface area contributed by atoms with E-state index in [4.69, 9.17) is 11.6 Å². The molecule has 2 aromatic rings. The minimum Gasteiger partial charge on any atom is -0.354 e. The average molecular weight is 390 g/mol. The average Bonchev–Trinajstić information content (AvgIpc) is 2.68. The largest absolute Gasteiger partial charge is 0.354 e. The highest BCUT2D eigenvalue weighted by Gasteiger charge is 2.29. The molecule has 0 radical (unpaired) electrons. The number of piperidine rings is 1. The van der Waals surface area contributed by atoms with Gasteiger partial charge < -0.3 is 9.80 Å². The van der Waals surface area contributed by atoms with Gasteiger partial charge in [-0.15, -0.1) is 10.2 Å². The van der Waals surface area contributed by atoms with Gasteiger partial charge in [-0.2, -0.15) is 0 Å². The second kappa shape index (κ2) is 8.30. The van der Waals surface area contributed by atoms with Crippen LogP contribution in [0.2, 0.25) is 5.15 Å². The number of aromatic nitrogens is 2. The van der Waals surface area contributed by atoms with E-state index < -0.39 is 4.92 Å². The van der Waals surface area contributed by atoms with Crippen LogP contribution < -0.4 is 4.90 Å². The Morgan fingerprint density at radius 1 is 1.33 bits per heavy atom. The highest BCUT2D eigenvalue weighted by Crippen LogP contribution is 2.25. The highest BCUT2D eigenvalue weighted by atomic mass is 35.5. The van der Waals surface area contributed by atoms with Gasteiger partial charge in [0.2, 0.25) is 5.91 Å². The van der Waals surface area contributed by atoms with Crippen LogP contribution in [-0.2, 0) is 11.3 Å². The molecule has 1 aliphatic heterocycles. The van der Waals surface area contributed by atoms with E-state index in [1.54, 1.807) is 42.3 Å². The standard InChI is InChI=1S/C18H20ClN5O3/c1-22(11-13-5-2-3-7-15(13)24(26)27)18(25)14-6-4-10-23(12-14)17-9-8-16(19)20-21-17/h2-3,5,7-9,14H,4,6,10-12H2,1H3/t14-/m0/s1. The van der Waals surface area contributed by atoms with Crippen molar-refractivity contribution in [2.45, 2.75) is 19.4 Å². The number of anilines is 1. The van der Waals surface area contributed by atoms with Crippen molar-refractivity contribution in [2.75, 3.05) is 25.0 Å². The number of hydrogen-bond acceptors (Lipinski definition) is 6. The Morgan fingerprint density at radius 2 is 2.11 bits per heavy atom. The molecule has 3 rings (SSSR count). The van der Waals surface area contributed by atoms with Crippen LogP contribution in [0.25, 0.3) is 0 Å². The van der Waals surface area contributed by atoms with Gasteiger partial charge in [0.05, 0.1) is 17.4 Å². The van der Waals surface area contributed by atoms with Crippen molar-refractivity contribution in [1.29, 1.82) is 0 Å². The molecule has 0 saturated carbocycles. The lowest BCUT2D eigenvalue weighted by Gasteiger charge is -2.34. The third kappa shape index (κ3) is 4.51. The summed E-state index contributed by atoms with van der Waals surface area (Å²) in [5.41, 5.74) is 0.549. The van der Waals surface area contributed by atoms with E-state index in [1.165, 1.54) is 6.07 Å². The Hall–Kier alpha value is -2.74. The lowest BCUT2D eigenvalue weighted by molar-refractivity contribution is -0.385. The van der Waals surface area contributed by atoms with Gasteiger partial charge in [-0.25, -0.2) is 0 Å². The third-order valence-electron chi connectivity index (χ3n) is 4.68. The zero-order valence-electron chi connectivity index (χ0n) is 14.9. The quantitative estimate of drug-likeness (QED) is 0.576. The molecule has 1 atom stereocenters. The maximum atomic E-state index is 12.9. The number of nitrogens with zero attached hydrogens (tertiary/aromatic N) is 5. The van der Waals surface area contributed by atoms with Gasteiger partial charge in [0, 0.05) is 31.8 Å². The second-order valence-electron chi connectivity index (χ2n) is 6.58. The second-order valence-corrected chi connectivity index (χ2v) is 6.97. The first-order valence-corrected chi connectivity index (χ1v) is 9.05. The highest BCUT2D eigenvalue weighted by molar-refractivity contribution is 6.29. The molecule has 0 bridgehead atoms. The first-order chi connectivity index (χ1) is 13.0. The van der Waals surface area contributed by atoms with Gasteiger partial charge >= 0.3 is 0 Å². The number of hydrogen-bond donors (Lipinski definition) is 0. The number of benzene rings is 1. The van der Waals surface area contributed by atoms with Crippen molar-refractivity contribution in [3.05, 3.63) is 57.2 Å². The summed E-state index contributed by atoms with van der Waals surface area (Å²) in [7, 11) is 1.68. The van der Waals surface area contributed by atoms with Gasteiger partial charge in [0.25, 0.3) is 5.69 Å². The van der Waals surface area contributed by atoms with Crippen LogP contribution in [0.5, 0.6) is 0 Å². The van der Waals surface area contributed by atoms with Crippen LogP contribution >= 0.6 is 11.6 Å². The normalized spacial score (nSPS) is 16.8. The van der Waals surface area contributed by atoms with Gasteiger partial charge in [-0.1, -0.05) is 29.8 Å². The molecule has 2 heterocycles. The molecular weight excluding hydrogens is 370 g/mol. The predicted octanol–water partition coefficient (Wildman–Crippen LogP) is 2.91. The summed E-state index contributed by atoms with van der Waals surface area (Å²) in [6.07, 6.45) is 1.64. The van der Waals surface area contributed by atoms with Gasteiger partial charge in [0.1, 0.15) is 0 Å². The van der Waals surface area contributed by atoms with Crippen LogP contribution in [0.3, 0.4) is 0 Å². The zero-order chi connectivity index (χ0) is 19.4. The zero-order valence-corrected chi connectivity index (χ0v) is 15.7. The molecule has 0 unspecified atom stereocenters. The van der Waals surface area contributed by atoms with Gasteiger partial charge in [0.15, 0.2) is 11.0 Å². The minimum atomic E-state index is -0.421. The fourth-order valence-corrected chi connectivity index (χ4v) is 3.43. The Bertz CT molecular complexity index is 830. The van der Waals surface area contributed by atoms with Crippen molar-refractivity contribution in [1.82, 2.24) is 15.1 Å². The summed E-state index contributed by atoms with van der Waals surface area (Å²) in [6.45, 7) is 1.54. The van der Waals surface area contributed by atoms with E-state index in [0.29, 0.717) is 23.1 Å². The van der Waals surface area contributed by atoms with Crippen LogP contribution in [0.15, 0.2) is 36.4 Å². The Kier molecular flexibility index (Phi) is 5.85. The number of carbonyl (C=O) groups is 1. The Labute approximate surface area is 161 Å². The summed E-state index contributed by atoms with van der Waals surface area (Å²) >= 11 is 5.78. The molecule has 9 heteroatoms. The lowest BCUT2D eigenvalue weighted by atomic mass is 9.96. The molecule has 1 saturated heterocycles. The first kappa shape index (κ1) is 19.0. The SMILES string of the molecule is CN(Cc1ccccc1[N+](=O)[O-])C(=O)[C@H]1CCCN(c2ccc(Cl)nn2)C1. The number of carbonyl (C=O) groups excluding carboxylic acids is 1. The predicted molar refractivity (Wildman–Crippen MR) is 102 cm³/mol. The van der Waals surface area contributed by atoms with Crippen molar-refractivity contribution < 1.29 is 9.72 Å². The van der Waals surface area contributed by atoms with Crippen LogP contribution in [0.4, 0.5) is 11.5 Å². The fraction of sp³-hybridized carbons (Fsp3) is 0.389. The number of amides is 1. The monoisotopic (exact) mass is 389 g/mol. The third-order valence-corrected chi connectivity index (χ3v) is 4.89. The molecule has 1 fully saturated rings. The van der Waals surface area contributed by atoms with E-state index in [0.717, 1.165) is 19.4 Å². The molecule has 27 heavy (non-hydrogen) atoms. The number of nitro groups is 1. The smallest absolute Gasteiger partial charge is 0.274 e. The van der Waals surface area contributed by atoms with Gasteiger partial charge in [-0.3, -0.25) is 14.9 Å². The Balaban J connectivity index is 1.68. The summed E-state index contributed by atoms with van der Waals surface area (Å²) in [4.78, 5) is 27.2. The molecule has 1 aromatic heterocycles. The molecule has 1 amide bonds. The van der Waals surface area contributed by atoms with E-state index >= 15 is 0 Å². The molecule has 1 aromatic carbocycles. The molecule has 0 N–H and O–H groups in total. The fourth-order valence-electron chi connectivity index (χ4n) is 3.33. The van der Waals surface area contributed by atoms with E-state index in [9.17, 15) is 14.9 Å². The van der Waals surface area contributed by atoms with Crippen molar-refractivity contribution in [3.63, 3.8) is 0 Å². The molecule has 1 aliphatic rings. The van der Waals surface area contributed by atoms with Gasteiger partial charge in [-0.05, 0) is 25.0 Å². The first-order valence-electron chi connectivity index (χ1n) is 8.67. The molecular formula is C18H20ClN5O3. The van der Waals surface area contributed by atoms with Crippen LogP contribution in [0.1, 0.15) is 18.4 Å². The molecule has 0 spiro atoms. The minimum absolute atomic E-state index is 0.0267. The van der Waals surface area contributed by atoms with Crippen LogP contribution in [0, 0.1) is 16.0 Å². The number of halogens is 1. The van der Waals surface area contributed by atoms with Crippen molar-refractivity contribution in [2.24, 2.45) is 5.92 Å². The number of rotatable bonds is 5. The van der Waals surface area contributed by atoms with Crippen molar-refractivity contribution in [3.8, 4) is 0 Å². The van der Waals surface area contributed by atoms with E-state index in [-0.39, 0.29) is 24.1 Å². The van der Waals surface area contributed by atoms with E-state index in [1.807, 2.05) is 4.90 Å². The molecule has 8 nitrogen and oxygen atoms in total. The topological polar surface area (TPSA) is 92.5 Å². The maximum absolute atomic E-state index is 12.9. The number of nitro benzene ring substituents is 1. The van der Waals surface area contributed by atoms with Crippen LogP contribution in [-0.4, -0.2) is 46.1 Å². The maximum Gasteiger partial charge on any atom is 0.274 e. The molecule has 142 valence electrons. The summed E-state index contributed by atoms with van der Waals surface area (Å²) < 4.78 is 0. The molecule has 0 aliphatic carbocycles. The summed E-state index contributed by atoms with van der Waals surface area (Å²) in [5.74, 6) is 0.474. The number of para-hydroxylation sites is 1. The lowest BCUT2D eigenvalue weighted by Crippen LogP contribution is -2.43. The summed E-state index contributed by atoms with van der Waals surface area (Å²) in [6, 6.07) is 9.96. The van der Waals surface area contributed by atoms with Crippen molar-refractivity contribution >= 4 is 29.0 Å². The van der Waals surface area contributed by atoms with E-state index in [2.05, 4.69) is 10.2 Å².